The number of carbonyl (C=O) groups excluding carboxylic acids is 1. The molecule has 0 aliphatic heterocycles. The summed E-state index contributed by atoms with van der Waals surface area (Å²) in [6.45, 7) is 2.32. The fourth-order valence-electron chi connectivity index (χ4n) is 3.48. The van der Waals surface area contributed by atoms with Crippen molar-refractivity contribution in [2.24, 2.45) is 0 Å². The summed E-state index contributed by atoms with van der Waals surface area (Å²) in [7, 11) is 2.03. The minimum absolute atomic E-state index is 0.00553. The summed E-state index contributed by atoms with van der Waals surface area (Å²) >= 11 is 5.97. The number of hydrogen-bond donors (Lipinski definition) is 1. The summed E-state index contributed by atoms with van der Waals surface area (Å²) in [6.07, 6.45) is 3.40. The molecule has 126 valence electrons. The van der Waals surface area contributed by atoms with Crippen LogP contribution in [0.2, 0.25) is 5.02 Å². The number of amides is 1. The monoisotopic (exact) mass is 342 g/mol. The summed E-state index contributed by atoms with van der Waals surface area (Å²) in [6, 6.07) is 14.4. The number of hydrogen-bond acceptors (Lipinski definition) is 2. The molecule has 2 aromatic rings. The second-order valence-electron chi connectivity index (χ2n) is 6.53. The topological polar surface area (TPSA) is 32.3 Å². The van der Waals surface area contributed by atoms with Crippen molar-refractivity contribution < 1.29 is 4.79 Å². The second-order valence-corrected chi connectivity index (χ2v) is 6.97. The summed E-state index contributed by atoms with van der Waals surface area (Å²) in [5.74, 6) is 0.00553. The smallest absolute Gasteiger partial charge is 0.238 e. The molecule has 1 aliphatic carbocycles. The number of likely N-dealkylation sites (N-methyl/N-ethyl adjacent to an activating group) is 1. The molecule has 0 saturated carbocycles. The number of rotatable bonds is 4. The molecule has 1 aliphatic rings. The van der Waals surface area contributed by atoms with Gasteiger partial charge in [0.25, 0.3) is 0 Å². The maximum atomic E-state index is 12.4. The van der Waals surface area contributed by atoms with Gasteiger partial charge in [-0.05, 0) is 68.1 Å². The molecule has 0 saturated heterocycles. The third-order valence-electron chi connectivity index (χ3n) is 4.73. The highest BCUT2D eigenvalue weighted by atomic mass is 35.5. The van der Waals surface area contributed by atoms with Crippen molar-refractivity contribution in [1.29, 1.82) is 0 Å². The number of fused-ring (bicyclic) bond motifs is 1. The van der Waals surface area contributed by atoms with Gasteiger partial charge in [0.05, 0.1) is 6.54 Å². The van der Waals surface area contributed by atoms with Gasteiger partial charge in [0.15, 0.2) is 0 Å². The van der Waals surface area contributed by atoms with Gasteiger partial charge in [-0.25, -0.2) is 0 Å². The molecule has 0 heterocycles. The third-order valence-corrected chi connectivity index (χ3v) is 4.96. The maximum Gasteiger partial charge on any atom is 0.238 e. The van der Waals surface area contributed by atoms with E-state index in [1.807, 2.05) is 26.1 Å². The minimum atomic E-state index is 0.00553. The lowest BCUT2D eigenvalue weighted by Gasteiger charge is -2.32. The molecule has 1 N–H and O–H groups in total. The number of benzene rings is 2. The number of anilines is 1. The van der Waals surface area contributed by atoms with Crippen LogP contribution in [0.4, 0.5) is 5.69 Å². The maximum absolute atomic E-state index is 12.4. The molecule has 3 nitrogen and oxygen atoms in total. The number of nitrogens with one attached hydrogen (secondary N) is 1. The van der Waals surface area contributed by atoms with Gasteiger partial charge in [0.1, 0.15) is 0 Å². The van der Waals surface area contributed by atoms with Crippen molar-refractivity contribution in [1.82, 2.24) is 4.90 Å². The first kappa shape index (κ1) is 17.0. The molecule has 0 unspecified atom stereocenters. The van der Waals surface area contributed by atoms with Gasteiger partial charge in [0, 0.05) is 16.8 Å². The molecule has 0 spiro atoms. The van der Waals surface area contributed by atoms with Gasteiger partial charge in [-0.1, -0.05) is 35.9 Å². The molecular weight excluding hydrogens is 320 g/mol. The molecule has 24 heavy (non-hydrogen) atoms. The van der Waals surface area contributed by atoms with Gasteiger partial charge in [-0.15, -0.1) is 0 Å². The van der Waals surface area contributed by atoms with Crippen LogP contribution in [0, 0.1) is 6.92 Å². The number of halogens is 1. The average molecular weight is 343 g/mol. The molecular formula is C20H23ClN2O. The van der Waals surface area contributed by atoms with Gasteiger partial charge in [0.2, 0.25) is 5.91 Å². The van der Waals surface area contributed by atoms with E-state index in [1.54, 1.807) is 6.07 Å². The van der Waals surface area contributed by atoms with Crippen molar-refractivity contribution in [2.45, 2.75) is 32.2 Å². The molecule has 2 aromatic carbocycles. The Kier molecular flexibility index (Phi) is 5.22. The van der Waals surface area contributed by atoms with E-state index in [4.69, 9.17) is 11.6 Å². The van der Waals surface area contributed by atoms with Crippen LogP contribution in [0.25, 0.3) is 0 Å². The largest absolute Gasteiger partial charge is 0.325 e. The zero-order valence-electron chi connectivity index (χ0n) is 14.2. The molecule has 3 rings (SSSR count). The normalized spacial score (nSPS) is 16.8. The molecule has 0 radical (unpaired) electrons. The van der Waals surface area contributed by atoms with Crippen LogP contribution in [0.1, 0.15) is 35.6 Å². The van der Waals surface area contributed by atoms with Gasteiger partial charge in [-0.3, -0.25) is 9.69 Å². The predicted molar refractivity (Wildman–Crippen MR) is 99.6 cm³/mol. The lowest BCUT2D eigenvalue weighted by Crippen LogP contribution is -2.35. The average Bonchev–Trinajstić information content (AvgIpc) is 2.57. The van der Waals surface area contributed by atoms with Crippen LogP contribution in [0.3, 0.4) is 0 Å². The van der Waals surface area contributed by atoms with Crippen LogP contribution in [0.5, 0.6) is 0 Å². The van der Waals surface area contributed by atoms with E-state index in [1.165, 1.54) is 17.5 Å². The first-order valence-electron chi connectivity index (χ1n) is 8.38. The fourth-order valence-corrected chi connectivity index (χ4v) is 3.71. The van der Waals surface area contributed by atoms with Gasteiger partial charge in [-0.2, -0.15) is 0 Å². The molecule has 4 heteroatoms. The Bertz CT molecular complexity index is 744. The Hall–Kier alpha value is -1.84. The minimum Gasteiger partial charge on any atom is -0.325 e. The highest BCUT2D eigenvalue weighted by Crippen LogP contribution is 2.33. The van der Waals surface area contributed by atoms with E-state index in [0.29, 0.717) is 17.6 Å². The van der Waals surface area contributed by atoms with Crippen LogP contribution in [0.15, 0.2) is 42.5 Å². The summed E-state index contributed by atoms with van der Waals surface area (Å²) < 4.78 is 0. The standard InChI is InChI=1S/C20H23ClN2O/c1-14-12-16(21)10-11-18(14)22-20(24)13-23(2)19-9-5-7-15-6-3-4-8-17(15)19/h3-4,6,8,10-12,19H,5,7,9,13H2,1-2H3,(H,22,24)/t19-/m0/s1. The van der Waals surface area contributed by atoms with E-state index in [0.717, 1.165) is 24.1 Å². The molecule has 0 fully saturated rings. The first-order valence-corrected chi connectivity index (χ1v) is 8.76. The second kappa shape index (κ2) is 7.37. The van der Waals surface area contributed by atoms with Gasteiger partial charge >= 0.3 is 0 Å². The third kappa shape index (κ3) is 3.80. The predicted octanol–water partition coefficient (Wildman–Crippen LogP) is 4.60. The van der Waals surface area contributed by atoms with Crippen molar-refractivity contribution >= 4 is 23.2 Å². The molecule has 1 atom stereocenters. The van der Waals surface area contributed by atoms with Crippen LogP contribution >= 0.6 is 11.6 Å². The molecule has 1 amide bonds. The zero-order valence-corrected chi connectivity index (χ0v) is 14.9. The van der Waals surface area contributed by atoms with Crippen LogP contribution < -0.4 is 5.32 Å². The summed E-state index contributed by atoms with van der Waals surface area (Å²) in [5, 5.41) is 3.67. The number of nitrogens with zero attached hydrogens (tertiary/aromatic N) is 1. The fraction of sp³-hybridized carbons (Fsp3) is 0.350. The number of carbonyl (C=O) groups is 1. The van der Waals surface area contributed by atoms with E-state index in [-0.39, 0.29) is 5.91 Å². The first-order chi connectivity index (χ1) is 11.5. The van der Waals surface area contributed by atoms with Crippen LogP contribution in [-0.2, 0) is 11.2 Å². The van der Waals surface area contributed by atoms with E-state index in [9.17, 15) is 4.79 Å². The van der Waals surface area contributed by atoms with E-state index in [2.05, 4.69) is 34.5 Å². The Morgan fingerprint density at radius 2 is 2.08 bits per heavy atom. The molecule has 0 aromatic heterocycles. The Morgan fingerprint density at radius 1 is 1.29 bits per heavy atom. The summed E-state index contributed by atoms with van der Waals surface area (Å²) in [5.41, 5.74) is 4.57. The lowest BCUT2D eigenvalue weighted by molar-refractivity contribution is -0.117. The van der Waals surface area contributed by atoms with E-state index < -0.39 is 0 Å². The summed E-state index contributed by atoms with van der Waals surface area (Å²) in [4.78, 5) is 14.6. The Balaban J connectivity index is 1.67. The Morgan fingerprint density at radius 3 is 2.88 bits per heavy atom. The number of aryl methyl sites for hydroxylation is 2. The Labute approximate surface area is 148 Å². The van der Waals surface area contributed by atoms with Crippen molar-refractivity contribution in [2.75, 3.05) is 18.9 Å². The van der Waals surface area contributed by atoms with Crippen molar-refractivity contribution in [3.8, 4) is 0 Å². The van der Waals surface area contributed by atoms with Crippen LogP contribution in [-0.4, -0.2) is 24.4 Å². The highest BCUT2D eigenvalue weighted by molar-refractivity contribution is 6.30. The highest BCUT2D eigenvalue weighted by Gasteiger charge is 2.24. The SMILES string of the molecule is Cc1cc(Cl)ccc1NC(=O)CN(C)[C@H]1CCCc2ccccc21. The lowest BCUT2D eigenvalue weighted by atomic mass is 9.87. The van der Waals surface area contributed by atoms with Crippen molar-refractivity contribution in [3.63, 3.8) is 0 Å². The zero-order chi connectivity index (χ0) is 17.1. The van der Waals surface area contributed by atoms with Gasteiger partial charge < -0.3 is 5.32 Å². The molecule has 0 bridgehead atoms. The van der Waals surface area contributed by atoms with Crippen molar-refractivity contribution in [3.05, 3.63) is 64.2 Å². The van der Waals surface area contributed by atoms with E-state index >= 15 is 0 Å². The quantitative estimate of drug-likeness (QED) is 0.880.